The lowest BCUT2D eigenvalue weighted by Gasteiger charge is -2.15. The molecule has 0 radical (unpaired) electrons. The van der Waals surface area contributed by atoms with Crippen LogP contribution >= 0.6 is 23.4 Å². The van der Waals surface area contributed by atoms with Gasteiger partial charge in [-0.3, -0.25) is 14.5 Å². The highest BCUT2D eigenvalue weighted by Gasteiger charge is 2.35. The number of ether oxygens (including phenoxy) is 2. The number of carbonyl (C=O) groups excluding carboxylic acids is 2. The molecule has 0 spiro atoms. The number of nitrogens with zero attached hydrogens (tertiary/aromatic N) is 1. The number of para-hydroxylation sites is 1. The van der Waals surface area contributed by atoms with Gasteiger partial charge in [-0.1, -0.05) is 29.8 Å². The number of hydrogen-bond acceptors (Lipinski definition) is 6. The average Bonchev–Trinajstić information content (AvgIpc) is 3.19. The van der Waals surface area contributed by atoms with E-state index in [1.165, 1.54) is 0 Å². The first-order valence-electron chi connectivity index (χ1n) is 7.75. The zero-order valence-electron chi connectivity index (χ0n) is 13.4. The highest BCUT2D eigenvalue weighted by molar-refractivity contribution is 8.18. The molecule has 1 fully saturated rings. The van der Waals surface area contributed by atoms with E-state index in [9.17, 15) is 9.59 Å². The quantitative estimate of drug-likeness (QED) is 0.793. The van der Waals surface area contributed by atoms with E-state index in [1.54, 1.807) is 30.3 Å². The van der Waals surface area contributed by atoms with Crippen molar-refractivity contribution in [2.45, 2.75) is 0 Å². The molecule has 132 valence electrons. The van der Waals surface area contributed by atoms with Gasteiger partial charge in [0.25, 0.3) is 11.1 Å². The van der Waals surface area contributed by atoms with Crippen LogP contribution < -0.4 is 14.8 Å². The number of nitrogens with one attached hydrogen (secondary N) is 1. The molecule has 6 nitrogen and oxygen atoms in total. The van der Waals surface area contributed by atoms with Crippen LogP contribution in [0.25, 0.3) is 6.08 Å². The molecule has 2 heterocycles. The van der Waals surface area contributed by atoms with Gasteiger partial charge in [-0.2, -0.15) is 0 Å². The van der Waals surface area contributed by atoms with Gasteiger partial charge < -0.3 is 14.8 Å². The fraction of sp³-hybridized carbons (Fsp3) is 0.111. The normalized spacial score (nSPS) is 17.3. The number of fused-ring (bicyclic) bond motifs is 1. The maximum atomic E-state index is 12.5. The average molecular weight is 389 g/mol. The predicted octanol–water partition coefficient (Wildman–Crippen LogP) is 4.17. The predicted molar refractivity (Wildman–Crippen MR) is 100 cm³/mol. The van der Waals surface area contributed by atoms with Crippen LogP contribution in [0.15, 0.2) is 47.4 Å². The summed E-state index contributed by atoms with van der Waals surface area (Å²) >= 11 is 6.98. The van der Waals surface area contributed by atoms with Crippen molar-refractivity contribution in [2.75, 3.05) is 18.8 Å². The van der Waals surface area contributed by atoms with Crippen LogP contribution in [0.1, 0.15) is 5.56 Å². The molecule has 8 heteroatoms. The van der Waals surface area contributed by atoms with E-state index < -0.39 is 0 Å². The number of hydrogen-bond donors (Lipinski definition) is 1. The standard InChI is InChI=1S/C18H13ClN2O4S/c19-12-3-1-2-4-13(12)20-9-21-17(22)16(26-18(21)23)8-11-5-6-14-15(7-11)25-10-24-14/h1-8,20H,9-10H2. The van der Waals surface area contributed by atoms with Gasteiger partial charge in [-0.05, 0) is 47.7 Å². The molecule has 2 aromatic carbocycles. The topological polar surface area (TPSA) is 67.9 Å². The Morgan fingerprint density at radius 1 is 1.15 bits per heavy atom. The zero-order valence-corrected chi connectivity index (χ0v) is 15.0. The molecule has 4 rings (SSSR count). The Hall–Kier alpha value is -2.64. The number of thioether (sulfide) groups is 1. The number of imide groups is 1. The summed E-state index contributed by atoms with van der Waals surface area (Å²) in [6.07, 6.45) is 1.67. The molecule has 0 aliphatic carbocycles. The van der Waals surface area contributed by atoms with E-state index >= 15 is 0 Å². The Labute approximate surface area is 158 Å². The fourth-order valence-electron chi connectivity index (χ4n) is 2.56. The van der Waals surface area contributed by atoms with Crippen molar-refractivity contribution in [3.8, 4) is 11.5 Å². The second-order valence-electron chi connectivity index (χ2n) is 5.54. The Kier molecular flexibility index (Phi) is 4.48. The Balaban J connectivity index is 1.49. The van der Waals surface area contributed by atoms with Crippen molar-refractivity contribution in [1.29, 1.82) is 0 Å². The number of benzene rings is 2. The summed E-state index contributed by atoms with van der Waals surface area (Å²) in [4.78, 5) is 26.2. The van der Waals surface area contributed by atoms with Gasteiger partial charge in [0.15, 0.2) is 11.5 Å². The molecule has 2 aliphatic heterocycles. The zero-order chi connectivity index (χ0) is 18.1. The van der Waals surface area contributed by atoms with Crippen LogP contribution in [0.5, 0.6) is 11.5 Å². The smallest absolute Gasteiger partial charge is 0.295 e. The van der Waals surface area contributed by atoms with Crippen LogP contribution in [-0.2, 0) is 4.79 Å². The van der Waals surface area contributed by atoms with E-state index in [4.69, 9.17) is 21.1 Å². The maximum Gasteiger partial charge on any atom is 0.295 e. The minimum atomic E-state index is -0.350. The van der Waals surface area contributed by atoms with Crippen molar-refractivity contribution in [3.63, 3.8) is 0 Å². The van der Waals surface area contributed by atoms with Gasteiger partial charge >= 0.3 is 0 Å². The van der Waals surface area contributed by atoms with E-state index in [2.05, 4.69) is 5.32 Å². The molecule has 1 N–H and O–H groups in total. The fourth-order valence-corrected chi connectivity index (χ4v) is 3.60. The van der Waals surface area contributed by atoms with E-state index in [-0.39, 0.29) is 24.6 Å². The van der Waals surface area contributed by atoms with Crippen molar-refractivity contribution in [1.82, 2.24) is 4.90 Å². The number of halogens is 1. The van der Waals surface area contributed by atoms with Crippen LogP contribution in [0, 0.1) is 0 Å². The lowest BCUT2D eigenvalue weighted by molar-refractivity contribution is -0.122. The molecule has 2 aromatic rings. The molecule has 0 aromatic heterocycles. The van der Waals surface area contributed by atoms with E-state index in [0.717, 1.165) is 22.2 Å². The summed E-state index contributed by atoms with van der Waals surface area (Å²) in [5.41, 5.74) is 1.42. The molecule has 2 amide bonds. The van der Waals surface area contributed by atoms with E-state index in [0.29, 0.717) is 27.1 Å². The molecular formula is C18H13ClN2O4S. The van der Waals surface area contributed by atoms with Crippen molar-refractivity contribution >= 4 is 46.3 Å². The summed E-state index contributed by atoms with van der Waals surface area (Å²) in [7, 11) is 0. The van der Waals surface area contributed by atoms with Gasteiger partial charge in [0, 0.05) is 0 Å². The lowest BCUT2D eigenvalue weighted by Crippen LogP contribution is -2.33. The molecule has 0 saturated carbocycles. The summed E-state index contributed by atoms with van der Waals surface area (Å²) < 4.78 is 10.6. The largest absolute Gasteiger partial charge is 0.454 e. The number of rotatable bonds is 4. The van der Waals surface area contributed by atoms with Crippen LogP contribution in [0.3, 0.4) is 0 Å². The van der Waals surface area contributed by atoms with Crippen molar-refractivity contribution in [3.05, 3.63) is 58.0 Å². The number of anilines is 1. The van der Waals surface area contributed by atoms with Crippen LogP contribution in [-0.4, -0.2) is 29.5 Å². The van der Waals surface area contributed by atoms with Gasteiger partial charge in [0.05, 0.1) is 22.3 Å². The lowest BCUT2D eigenvalue weighted by atomic mass is 10.2. The molecule has 0 atom stereocenters. The van der Waals surface area contributed by atoms with E-state index in [1.807, 2.05) is 18.2 Å². The molecular weight excluding hydrogens is 376 g/mol. The monoisotopic (exact) mass is 388 g/mol. The Morgan fingerprint density at radius 2 is 1.96 bits per heavy atom. The molecule has 26 heavy (non-hydrogen) atoms. The third kappa shape index (κ3) is 3.23. The van der Waals surface area contributed by atoms with Crippen LogP contribution in [0.4, 0.5) is 10.5 Å². The second-order valence-corrected chi connectivity index (χ2v) is 6.94. The molecule has 0 unspecified atom stereocenters. The van der Waals surface area contributed by atoms with Gasteiger partial charge in [0.2, 0.25) is 6.79 Å². The number of carbonyl (C=O) groups is 2. The summed E-state index contributed by atoms with van der Waals surface area (Å²) in [6.45, 7) is 0.232. The summed E-state index contributed by atoms with van der Waals surface area (Å²) in [6, 6.07) is 12.5. The molecule has 0 bridgehead atoms. The highest BCUT2D eigenvalue weighted by atomic mass is 35.5. The summed E-state index contributed by atoms with van der Waals surface area (Å²) in [5.74, 6) is 0.940. The van der Waals surface area contributed by atoms with Crippen molar-refractivity contribution < 1.29 is 19.1 Å². The van der Waals surface area contributed by atoms with Gasteiger partial charge in [0.1, 0.15) is 0 Å². The summed E-state index contributed by atoms with van der Waals surface area (Å²) in [5, 5.41) is 3.20. The first-order valence-corrected chi connectivity index (χ1v) is 8.95. The first kappa shape index (κ1) is 16.8. The third-order valence-electron chi connectivity index (χ3n) is 3.87. The first-order chi connectivity index (χ1) is 12.6. The van der Waals surface area contributed by atoms with Gasteiger partial charge in [-0.25, -0.2) is 0 Å². The SMILES string of the molecule is O=C1SC(=Cc2ccc3c(c2)OCO3)C(=O)N1CNc1ccccc1Cl. The Bertz CT molecular complexity index is 931. The Morgan fingerprint density at radius 3 is 2.81 bits per heavy atom. The minimum Gasteiger partial charge on any atom is -0.454 e. The highest BCUT2D eigenvalue weighted by Crippen LogP contribution is 2.36. The molecule has 2 aliphatic rings. The second kappa shape index (κ2) is 6.93. The third-order valence-corrected chi connectivity index (χ3v) is 5.11. The molecule has 1 saturated heterocycles. The van der Waals surface area contributed by atoms with Gasteiger partial charge in [-0.15, -0.1) is 0 Å². The maximum absolute atomic E-state index is 12.5. The van der Waals surface area contributed by atoms with Crippen molar-refractivity contribution in [2.24, 2.45) is 0 Å². The number of amides is 2. The van der Waals surface area contributed by atoms with Crippen LogP contribution in [0.2, 0.25) is 5.02 Å². The minimum absolute atomic E-state index is 0.0485.